The Morgan fingerprint density at radius 1 is 1.55 bits per heavy atom. The van der Waals surface area contributed by atoms with Crippen molar-refractivity contribution in [1.82, 2.24) is 9.88 Å². The van der Waals surface area contributed by atoms with Crippen LogP contribution in [-0.4, -0.2) is 35.4 Å². The van der Waals surface area contributed by atoms with Crippen LogP contribution >= 0.6 is 0 Å². The van der Waals surface area contributed by atoms with Crippen molar-refractivity contribution in [2.45, 2.75) is 26.2 Å². The van der Waals surface area contributed by atoms with Crippen molar-refractivity contribution in [3.8, 4) is 11.8 Å². The van der Waals surface area contributed by atoms with Gasteiger partial charge in [-0.15, -0.1) is 0 Å². The van der Waals surface area contributed by atoms with E-state index in [0.717, 1.165) is 19.5 Å². The lowest BCUT2D eigenvalue weighted by molar-refractivity contribution is 0.0747. The van der Waals surface area contributed by atoms with Gasteiger partial charge in [-0.2, -0.15) is 0 Å². The number of hydrogen-bond acceptors (Lipinski definition) is 3. The van der Waals surface area contributed by atoms with Crippen LogP contribution < -0.4 is 5.73 Å². The zero-order chi connectivity index (χ0) is 14.4. The molecule has 106 valence electrons. The number of carbonyl (C=O) groups excluding carboxylic acids is 1. The molecule has 1 aliphatic rings. The second kappa shape index (κ2) is 7.06. The van der Waals surface area contributed by atoms with Crippen LogP contribution in [0.25, 0.3) is 0 Å². The summed E-state index contributed by atoms with van der Waals surface area (Å²) in [7, 11) is 0. The van der Waals surface area contributed by atoms with Crippen molar-refractivity contribution in [1.29, 1.82) is 0 Å². The summed E-state index contributed by atoms with van der Waals surface area (Å²) in [5.74, 6) is 6.47. The maximum absolute atomic E-state index is 12.7. The Morgan fingerprint density at radius 2 is 2.35 bits per heavy atom. The molecule has 2 rings (SSSR count). The minimum Gasteiger partial charge on any atom is -0.338 e. The second-order valence-corrected chi connectivity index (χ2v) is 5.12. The van der Waals surface area contributed by atoms with Gasteiger partial charge in [0.2, 0.25) is 0 Å². The number of aromatic nitrogens is 1. The predicted molar refractivity (Wildman–Crippen MR) is 79.1 cm³/mol. The Balaban J connectivity index is 2.20. The molecule has 0 aromatic carbocycles. The van der Waals surface area contributed by atoms with Crippen molar-refractivity contribution < 1.29 is 4.79 Å². The van der Waals surface area contributed by atoms with Gasteiger partial charge in [-0.25, -0.2) is 0 Å². The molecular weight excluding hydrogens is 250 g/mol. The highest BCUT2D eigenvalue weighted by Gasteiger charge is 2.27. The molecule has 1 aliphatic carbocycles. The first-order chi connectivity index (χ1) is 9.76. The fourth-order valence-corrected chi connectivity index (χ4v) is 2.15. The Kier molecular flexibility index (Phi) is 5.14. The lowest BCUT2D eigenvalue weighted by Gasteiger charge is -2.22. The van der Waals surface area contributed by atoms with Gasteiger partial charge in [0, 0.05) is 25.5 Å². The summed E-state index contributed by atoms with van der Waals surface area (Å²) < 4.78 is 0. The van der Waals surface area contributed by atoms with E-state index in [1.54, 1.807) is 18.5 Å². The Morgan fingerprint density at radius 3 is 3.00 bits per heavy atom. The van der Waals surface area contributed by atoms with Crippen molar-refractivity contribution >= 4 is 5.91 Å². The zero-order valence-corrected chi connectivity index (χ0v) is 11.9. The molecule has 0 radical (unpaired) electrons. The first-order valence-corrected chi connectivity index (χ1v) is 7.18. The van der Waals surface area contributed by atoms with E-state index in [0.29, 0.717) is 17.0 Å². The molecular formula is C16H21N3O. The summed E-state index contributed by atoms with van der Waals surface area (Å²) in [6, 6.07) is 1.75. The van der Waals surface area contributed by atoms with Crippen molar-refractivity contribution in [2.75, 3.05) is 19.6 Å². The Bertz CT molecular complexity index is 526. The Hall–Kier alpha value is -1.86. The number of rotatable bonds is 5. The highest BCUT2D eigenvalue weighted by Crippen LogP contribution is 2.30. The van der Waals surface area contributed by atoms with Crippen LogP contribution in [0, 0.1) is 17.8 Å². The van der Waals surface area contributed by atoms with E-state index in [9.17, 15) is 4.79 Å². The van der Waals surface area contributed by atoms with E-state index in [2.05, 4.69) is 23.7 Å². The molecule has 20 heavy (non-hydrogen) atoms. The molecule has 1 fully saturated rings. The van der Waals surface area contributed by atoms with Gasteiger partial charge in [-0.1, -0.05) is 18.8 Å². The molecule has 1 saturated carbocycles. The summed E-state index contributed by atoms with van der Waals surface area (Å²) in [6.07, 6.45) is 6.72. The van der Waals surface area contributed by atoms with Crippen LogP contribution in [-0.2, 0) is 0 Å². The van der Waals surface area contributed by atoms with Gasteiger partial charge in [0.1, 0.15) is 0 Å². The van der Waals surface area contributed by atoms with Gasteiger partial charge >= 0.3 is 0 Å². The van der Waals surface area contributed by atoms with Crippen LogP contribution in [0.1, 0.15) is 42.1 Å². The number of pyridine rings is 1. The molecule has 0 bridgehead atoms. The third-order valence-corrected chi connectivity index (χ3v) is 3.33. The summed E-state index contributed by atoms with van der Waals surface area (Å²) in [6.45, 7) is 4.03. The number of nitrogens with zero attached hydrogens (tertiary/aromatic N) is 2. The van der Waals surface area contributed by atoms with Gasteiger partial charge in [-0.3, -0.25) is 9.78 Å². The lowest BCUT2D eigenvalue weighted by Crippen LogP contribution is -2.34. The molecule has 0 atom stereocenters. The molecule has 0 aliphatic heterocycles. The predicted octanol–water partition coefficient (Wildman–Crippen LogP) is 1.65. The molecule has 0 saturated heterocycles. The summed E-state index contributed by atoms with van der Waals surface area (Å²) in [4.78, 5) is 18.7. The first-order valence-electron chi connectivity index (χ1n) is 7.18. The van der Waals surface area contributed by atoms with E-state index in [1.165, 1.54) is 12.8 Å². The first kappa shape index (κ1) is 14.5. The van der Waals surface area contributed by atoms with Gasteiger partial charge in [-0.05, 0) is 31.2 Å². The summed E-state index contributed by atoms with van der Waals surface area (Å²) >= 11 is 0. The average molecular weight is 271 g/mol. The number of nitrogens with two attached hydrogens (primary N) is 1. The number of hydrogen-bond donors (Lipinski definition) is 1. The van der Waals surface area contributed by atoms with Crippen molar-refractivity contribution in [3.63, 3.8) is 0 Å². The lowest BCUT2D eigenvalue weighted by atomic mass is 10.1. The number of carbonyl (C=O) groups is 1. The topological polar surface area (TPSA) is 59.2 Å². The van der Waals surface area contributed by atoms with Crippen LogP contribution in [0.15, 0.2) is 18.5 Å². The fraction of sp³-hybridized carbons (Fsp3) is 0.500. The maximum atomic E-state index is 12.7. The summed E-state index contributed by atoms with van der Waals surface area (Å²) in [5.41, 5.74) is 6.70. The second-order valence-electron chi connectivity index (χ2n) is 5.12. The van der Waals surface area contributed by atoms with E-state index < -0.39 is 0 Å². The minimum atomic E-state index is 0.0578. The Labute approximate surface area is 120 Å². The van der Waals surface area contributed by atoms with Crippen LogP contribution in [0.4, 0.5) is 0 Å². The maximum Gasteiger partial charge on any atom is 0.255 e. The van der Waals surface area contributed by atoms with Crippen molar-refractivity contribution in [2.24, 2.45) is 11.7 Å². The van der Waals surface area contributed by atoms with E-state index >= 15 is 0 Å². The van der Waals surface area contributed by atoms with Gasteiger partial charge < -0.3 is 10.6 Å². The van der Waals surface area contributed by atoms with Crippen LogP contribution in [0.5, 0.6) is 0 Å². The molecule has 1 aromatic rings. The third-order valence-electron chi connectivity index (χ3n) is 3.33. The van der Waals surface area contributed by atoms with Gasteiger partial charge in [0.05, 0.1) is 17.7 Å². The zero-order valence-electron chi connectivity index (χ0n) is 11.9. The highest BCUT2D eigenvalue weighted by atomic mass is 16.2. The molecule has 1 heterocycles. The minimum absolute atomic E-state index is 0.0578. The molecule has 0 spiro atoms. The standard InChI is InChI=1S/C16H21N3O/c1-2-10-19(12-13-5-6-13)16(20)15-7-9-18-11-14(15)4-3-8-17/h7,9,11,13H,2,5-6,8,10,12,17H2,1H3. The smallest absolute Gasteiger partial charge is 0.255 e. The molecule has 1 amide bonds. The molecule has 1 aromatic heterocycles. The SMILES string of the molecule is CCCN(CC1CC1)C(=O)c1ccncc1C#CCN. The fourth-order valence-electron chi connectivity index (χ4n) is 2.15. The average Bonchev–Trinajstić information content (AvgIpc) is 3.28. The number of amides is 1. The summed E-state index contributed by atoms with van der Waals surface area (Å²) in [5, 5.41) is 0. The third kappa shape index (κ3) is 3.82. The normalized spacial score (nSPS) is 13.5. The highest BCUT2D eigenvalue weighted by molar-refractivity contribution is 5.96. The molecule has 4 heteroatoms. The molecule has 2 N–H and O–H groups in total. The quantitative estimate of drug-likeness (QED) is 0.828. The van der Waals surface area contributed by atoms with Crippen LogP contribution in [0.2, 0.25) is 0 Å². The van der Waals surface area contributed by atoms with Gasteiger partial charge in [0.15, 0.2) is 0 Å². The monoisotopic (exact) mass is 271 g/mol. The van der Waals surface area contributed by atoms with E-state index in [1.807, 2.05) is 4.90 Å². The van der Waals surface area contributed by atoms with Gasteiger partial charge in [0.25, 0.3) is 5.91 Å². The molecule has 4 nitrogen and oxygen atoms in total. The van der Waals surface area contributed by atoms with E-state index in [-0.39, 0.29) is 12.5 Å². The molecule has 0 unspecified atom stereocenters. The largest absolute Gasteiger partial charge is 0.338 e. The van der Waals surface area contributed by atoms with Crippen molar-refractivity contribution in [3.05, 3.63) is 29.6 Å². The van der Waals surface area contributed by atoms with E-state index in [4.69, 9.17) is 5.73 Å². The van der Waals surface area contributed by atoms with Crippen LogP contribution in [0.3, 0.4) is 0 Å².